The second kappa shape index (κ2) is 7.07. The molecule has 0 saturated carbocycles. The first-order valence-corrected chi connectivity index (χ1v) is 8.01. The van der Waals surface area contributed by atoms with E-state index in [1.807, 2.05) is 0 Å². The lowest BCUT2D eigenvalue weighted by Crippen LogP contribution is -2.34. The quantitative estimate of drug-likeness (QED) is 0.815. The third-order valence-corrected chi connectivity index (χ3v) is 4.29. The van der Waals surface area contributed by atoms with E-state index in [9.17, 15) is 0 Å². The van der Waals surface area contributed by atoms with Crippen LogP contribution in [0.15, 0.2) is 12.3 Å². The van der Waals surface area contributed by atoms with Crippen LogP contribution in [-0.4, -0.2) is 37.1 Å². The molecule has 1 aliphatic rings. The molecule has 0 spiro atoms. The average molecular weight is 275 g/mol. The summed E-state index contributed by atoms with van der Waals surface area (Å²) in [6, 6.07) is 2.93. The van der Waals surface area contributed by atoms with Crippen molar-refractivity contribution in [2.24, 2.45) is 0 Å². The summed E-state index contributed by atoms with van der Waals surface area (Å²) in [5, 5.41) is 0. The van der Waals surface area contributed by atoms with Crippen LogP contribution < -0.4 is 4.90 Å². The lowest BCUT2D eigenvalue weighted by atomic mass is 9.95. The van der Waals surface area contributed by atoms with Crippen molar-refractivity contribution < 1.29 is 0 Å². The number of hydrogen-bond donors (Lipinski definition) is 0. The van der Waals surface area contributed by atoms with Gasteiger partial charge >= 0.3 is 0 Å². The number of nitrogens with zero attached hydrogens (tertiary/aromatic N) is 3. The van der Waals surface area contributed by atoms with Crippen molar-refractivity contribution in [2.45, 2.75) is 52.0 Å². The Morgan fingerprint density at radius 1 is 1.35 bits per heavy atom. The van der Waals surface area contributed by atoms with E-state index in [1.165, 1.54) is 56.3 Å². The van der Waals surface area contributed by atoms with Crippen LogP contribution in [0.5, 0.6) is 0 Å². The van der Waals surface area contributed by atoms with Crippen LogP contribution >= 0.6 is 0 Å². The van der Waals surface area contributed by atoms with Gasteiger partial charge in [0.2, 0.25) is 0 Å². The molecule has 20 heavy (non-hydrogen) atoms. The van der Waals surface area contributed by atoms with Gasteiger partial charge in [-0.15, -0.1) is 0 Å². The SMILES string of the molecule is CCCCN1CCCC[C@@H]1c1cnc(N(C)C)c(C)c1. The van der Waals surface area contributed by atoms with Crippen LogP contribution in [-0.2, 0) is 0 Å². The summed E-state index contributed by atoms with van der Waals surface area (Å²) >= 11 is 0. The highest BCUT2D eigenvalue weighted by molar-refractivity contribution is 5.46. The number of hydrogen-bond acceptors (Lipinski definition) is 3. The van der Waals surface area contributed by atoms with Gasteiger partial charge in [0.1, 0.15) is 5.82 Å². The van der Waals surface area contributed by atoms with Crippen LogP contribution in [0.3, 0.4) is 0 Å². The zero-order valence-electron chi connectivity index (χ0n) is 13.5. The molecule has 0 unspecified atom stereocenters. The van der Waals surface area contributed by atoms with Crippen LogP contribution in [0.2, 0.25) is 0 Å². The largest absolute Gasteiger partial charge is 0.363 e. The fourth-order valence-electron chi connectivity index (χ4n) is 3.24. The molecule has 0 aliphatic carbocycles. The van der Waals surface area contributed by atoms with Crippen molar-refractivity contribution in [2.75, 3.05) is 32.1 Å². The van der Waals surface area contributed by atoms with Gasteiger partial charge in [-0.05, 0) is 56.5 Å². The van der Waals surface area contributed by atoms with E-state index in [4.69, 9.17) is 0 Å². The lowest BCUT2D eigenvalue weighted by Gasteiger charge is -2.36. The molecule has 1 atom stereocenters. The number of rotatable bonds is 5. The molecule has 2 heterocycles. The summed E-state index contributed by atoms with van der Waals surface area (Å²) in [4.78, 5) is 9.42. The van der Waals surface area contributed by atoms with Gasteiger partial charge in [0.05, 0.1) is 0 Å². The second-order valence-corrected chi connectivity index (χ2v) is 6.20. The fourth-order valence-corrected chi connectivity index (χ4v) is 3.24. The molecule has 1 saturated heterocycles. The molecule has 1 aromatic heterocycles. The predicted octanol–water partition coefficient (Wildman–Crippen LogP) is 3.78. The first kappa shape index (κ1) is 15.3. The maximum absolute atomic E-state index is 4.67. The van der Waals surface area contributed by atoms with Gasteiger partial charge in [0, 0.05) is 26.3 Å². The Morgan fingerprint density at radius 2 is 2.15 bits per heavy atom. The Labute approximate surface area is 124 Å². The molecular formula is C17H29N3. The van der Waals surface area contributed by atoms with E-state index in [-0.39, 0.29) is 0 Å². The van der Waals surface area contributed by atoms with Crippen molar-refractivity contribution in [1.82, 2.24) is 9.88 Å². The fraction of sp³-hybridized carbons (Fsp3) is 0.706. The van der Waals surface area contributed by atoms with Crippen molar-refractivity contribution >= 4 is 5.82 Å². The zero-order chi connectivity index (χ0) is 14.5. The lowest BCUT2D eigenvalue weighted by molar-refractivity contribution is 0.146. The predicted molar refractivity (Wildman–Crippen MR) is 86.4 cm³/mol. The smallest absolute Gasteiger partial charge is 0.130 e. The van der Waals surface area contributed by atoms with Crippen molar-refractivity contribution in [3.8, 4) is 0 Å². The molecule has 3 nitrogen and oxygen atoms in total. The normalized spacial score (nSPS) is 20.1. The maximum atomic E-state index is 4.67. The summed E-state index contributed by atoms with van der Waals surface area (Å²) in [7, 11) is 4.12. The minimum absolute atomic E-state index is 0.581. The van der Waals surface area contributed by atoms with Crippen molar-refractivity contribution in [3.05, 3.63) is 23.4 Å². The molecule has 0 bridgehead atoms. The highest BCUT2D eigenvalue weighted by Gasteiger charge is 2.24. The van der Waals surface area contributed by atoms with Gasteiger partial charge in [0.15, 0.2) is 0 Å². The molecule has 112 valence electrons. The number of unbranched alkanes of at least 4 members (excludes halogenated alkanes) is 1. The Balaban J connectivity index is 2.17. The zero-order valence-corrected chi connectivity index (χ0v) is 13.5. The van der Waals surface area contributed by atoms with Crippen LogP contribution in [0.4, 0.5) is 5.82 Å². The molecule has 0 radical (unpaired) electrons. The van der Waals surface area contributed by atoms with Crippen molar-refractivity contribution in [3.63, 3.8) is 0 Å². The third-order valence-electron chi connectivity index (χ3n) is 4.29. The molecule has 0 amide bonds. The number of aryl methyl sites for hydroxylation is 1. The van der Waals surface area contributed by atoms with E-state index in [0.717, 1.165) is 5.82 Å². The Bertz CT molecular complexity index is 428. The number of anilines is 1. The monoisotopic (exact) mass is 275 g/mol. The Kier molecular flexibility index (Phi) is 5.41. The third kappa shape index (κ3) is 3.51. The van der Waals surface area contributed by atoms with E-state index >= 15 is 0 Å². The summed E-state index contributed by atoms with van der Waals surface area (Å²) in [6.45, 7) is 6.93. The van der Waals surface area contributed by atoms with E-state index in [1.54, 1.807) is 0 Å². The van der Waals surface area contributed by atoms with E-state index in [0.29, 0.717) is 6.04 Å². The van der Waals surface area contributed by atoms with Gasteiger partial charge in [-0.1, -0.05) is 19.8 Å². The number of likely N-dealkylation sites (tertiary alicyclic amines) is 1. The summed E-state index contributed by atoms with van der Waals surface area (Å²) in [5.74, 6) is 1.09. The van der Waals surface area contributed by atoms with E-state index in [2.05, 4.69) is 55.0 Å². The average Bonchev–Trinajstić information content (AvgIpc) is 2.45. The molecule has 3 heteroatoms. The molecule has 1 aliphatic heterocycles. The summed E-state index contributed by atoms with van der Waals surface area (Å²) < 4.78 is 0. The highest BCUT2D eigenvalue weighted by atomic mass is 15.2. The topological polar surface area (TPSA) is 19.4 Å². The molecule has 1 fully saturated rings. The maximum Gasteiger partial charge on any atom is 0.130 e. The van der Waals surface area contributed by atoms with Crippen LogP contribution in [0, 0.1) is 6.92 Å². The van der Waals surface area contributed by atoms with Crippen molar-refractivity contribution in [1.29, 1.82) is 0 Å². The minimum Gasteiger partial charge on any atom is -0.363 e. The Hall–Kier alpha value is -1.09. The summed E-state index contributed by atoms with van der Waals surface area (Å²) in [5.41, 5.74) is 2.69. The minimum atomic E-state index is 0.581. The van der Waals surface area contributed by atoms with Gasteiger partial charge in [0.25, 0.3) is 0 Å². The highest BCUT2D eigenvalue weighted by Crippen LogP contribution is 2.32. The van der Waals surface area contributed by atoms with Gasteiger partial charge < -0.3 is 4.90 Å². The molecule has 1 aromatic rings. The second-order valence-electron chi connectivity index (χ2n) is 6.20. The van der Waals surface area contributed by atoms with Crippen LogP contribution in [0.25, 0.3) is 0 Å². The first-order valence-electron chi connectivity index (χ1n) is 8.01. The molecule has 2 rings (SSSR count). The number of aromatic nitrogens is 1. The van der Waals surface area contributed by atoms with Gasteiger partial charge in [-0.25, -0.2) is 4.98 Å². The molecule has 0 N–H and O–H groups in total. The van der Waals surface area contributed by atoms with Gasteiger partial charge in [-0.3, -0.25) is 4.90 Å². The summed E-state index contributed by atoms with van der Waals surface area (Å²) in [6.07, 6.45) is 8.66. The standard InChI is InChI=1S/C17H29N3/c1-5-6-10-20-11-8-7-9-16(20)15-12-14(2)17(18-13-15)19(3)4/h12-13,16H,5-11H2,1-4H3/t16-/m1/s1. The number of pyridine rings is 1. The number of piperidine rings is 1. The molecular weight excluding hydrogens is 246 g/mol. The Morgan fingerprint density at radius 3 is 2.80 bits per heavy atom. The van der Waals surface area contributed by atoms with Gasteiger partial charge in [-0.2, -0.15) is 0 Å². The van der Waals surface area contributed by atoms with E-state index < -0.39 is 0 Å². The van der Waals surface area contributed by atoms with Crippen LogP contribution in [0.1, 0.15) is 56.2 Å². The molecule has 0 aromatic carbocycles. The first-order chi connectivity index (χ1) is 9.63.